The Kier molecular flexibility index (Phi) is 5.02. The Bertz CT molecular complexity index is 112. The highest BCUT2D eigenvalue weighted by Crippen LogP contribution is 2.14. The van der Waals surface area contributed by atoms with Crippen LogP contribution in [0.25, 0.3) is 0 Å². The van der Waals surface area contributed by atoms with Gasteiger partial charge in [-0.2, -0.15) is 0 Å². The van der Waals surface area contributed by atoms with E-state index in [1.165, 1.54) is 14.2 Å². The van der Waals surface area contributed by atoms with Gasteiger partial charge < -0.3 is 15.2 Å². The third-order valence-corrected chi connectivity index (χ3v) is 1.60. The molecule has 0 aromatic carbocycles. The summed E-state index contributed by atoms with van der Waals surface area (Å²) < 4.78 is 9.78. The van der Waals surface area contributed by atoms with Gasteiger partial charge >= 0.3 is 0 Å². The van der Waals surface area contributed by atoms with Crippen molar-refractivity contribution in [2.75, 3.05) is 20.8 Å². The molecule has 2 N–H and O–H groups in total. The highest BCUT2D eigenvalue weighted by molar-refractivity contribution is 5.59. The third kappa shape index (κ3) is 2.96. The highest BCUT2D eigenvalue weighted by atomic mass is 16.7. The van der Waals surface area contributed by atoms with Crippen LogP contribution in [-0.2, 0) is 14.3 Å². The van der Waals surface area contributed by atoms with Crippen LogP contribution in [0.4, 0.5) is 0 Å². The predicted molar refractivity (Wildman–Crippen MR) is 41.1 cm³/mol. The Labute approximate surface area is 66.7 Å². The number of aldehydes is 1. The van der Waals surface area contributed by atoms with E-state index < -0.39 is 5.79 Å². The molecule has 4 heteroatoms. The molecule has 0 aliphatic heterocycles. The van der Waals surface area contributed by atoms with Crippen LogP contribution in [0, 0.1) is 0 Å². The number of carbonyl (C=O) groups excluding carboxylic acids is 1. The first-order chi connectivity index (χ1) is 5.24. The molecule has 0 rings (SSSR count). The topological polar surface area (TPSA) is 61.5 Å². The second kappa shape index (κ2) is 5.23. The largest absolute Gasteiger partial charge is 0.347 e. The minimum absolute atomic E-state index is 0.500. The van der Waals surface area contributed by atoms with Crippen molar-refractivity contribution in [1.82, 2.24) is 0 Å². The number of hydrogen-bond acceptors (Lipinski definition) is 4. The number of carbonyl (C=O) groups is 1. The number of methoxy groups -OCH3 is 2. The van der Waals surface area contributed by atoms with Crippen LogP contribution < -0.4 is 5.73 Å². The zero-order chi connectivity index (χ0) is 8.74. The first-order valence-corrected chi connectivity index (χ1v) is 3.51. The summed E-state index contributed by atoms with van der Waals surface area (Å²) in [5, 5.41) is 0. The van der Waals surface area contributed by atoms with Crippen LogP contribution in [0.1, 0.15) is 12.8 Å². The van der Waals surface area contributed by atoms with Crippen molar-refractivity contribution in [3.05, 3.63) is 0 Å². The molecule has 66 valence electrons. The van der Waals surface area contributed by atoms with E-state index in [1.54, 1.807) is 0 Å². The van der Waals surface area contributed by atoms with Gasteiger partial charge in [-0.3, -0.25) is 4.79 Å². The van der Waals surface area contributed by atoms with Gasteiger partial charge in [0.2, 0.25) is 5.79 Å². The molecule has 0 bridgehead atoms. The summed E-state index contributed by atoms with van der Waals surface area (Å²) in [5.41, 5.74) is 5.27. The van der Waals surface area contributed by atoms with Gasteiger partial charge in [-0.25, -0.2) is 0 Å². The summed E-state index contributed by atoms with van der Waals surface area (Å²) in [7, 11) is 2.88. The van der Waals surface area contributed by atoms with Crippen LogP contribution in [0.2, 0.25) is 0 Å². The van der Waals surface area contributed by atoms with E-state index in [4.69, 9.17) is 15.2 Å². The van der Waals surface area contributed by atoms with Crippen molar-refractivity contribution in [3.8, 4) is 0 Å². The van der Waals surface area contributed by atoms with E-state index in [1.807, 2.05) is 0 Å². The quantitative estimate of drug-likeness (QED) is 0.437. The predicted octanol–water partition coefficient (Wildman–Crippen LogP) is -0.0867. The zero-order valence-corrected chi connectivity index (χ0v) is 7.00. The molecule has 0 aromatic heterocycles. The van der Waals surface area contributed by atoms with Crippen molar-refractivity contribution in [2.45, 2.75) is 18.6 Å². The van der Waals surface area contributed by atoms with Gasteiger partial charge in [-0.1, -0.05) is 0 Å². The highest BCUT2D eigenvalue weighted by Gasteiger charge is 2.27. The summed E-state index contributed by atoms with van der Waals surface area (Å²) in [6.45, 7) is 0.530. The lowest BCUT2D eigenvalue weighted by molar-refractivity contribution is -0.198. The Morgan fingerprint density at radius 3 is 2.27 bits per heavy atom. The van der Waals surface area contributed by atoms with Crippen molar-refractivity contribution >= 4 is 6.29 Å². The van der Waals surface area contributed by atoms with Gasteiger partial charge in [0.25, 0.3) is 0 Å². The monoisotopic (exact) mass is 161 g/mol. The second-order valence-corrected chi connectivity index (χ2v) is 2.23. The number of rotatable bonds is 6. The molecule has 0 aromatic rings. The van der Waals surface area contributed by atoms with Gasteiger partial charge in [0.15, 0.2) is 6.29 Å². The Morgan fingerprint density at radius 2 is 2.00 bits per heavy atom. The lowest BCUT2D eigenvalue weighted by Gasteiger charge is -2.23. The minimum atomic E-state index is -1.08. The molecule has 0 aliphatic carbocycles. The summed E-state index contributed by atoms with van der Waals surface area (Å²) in [5.74, 6) is -1.08. The van der Waals surface area contributed by atoms with E-state index in [9.17, 15) is 4.79 Å². The fraction of sp³-hybridized carbons (Fsp3) is 0.857. The Balaban J connectivity index is 3.94. The van der Waals surface area contributed by atoms with Crippen LogP contribution in [0.5, 0.6) is 0 Å². The average Bonchev–Trinajstić information content (AvgIpc) is 2.08. The molecule has 0 atom stereocenters. The lowest BCUT2D eigenvalue weighted by atomic mass is 10.1. The normalized spacial score (nSPS) is 11.5. The van der Waals surface area contributed by atoms with E-state index in [-0.39, 0.29) is 0 Å². The maximum atomic E-state index is 10.5. The van der Waals surface area contributed by atoms with Gasteiger partial charge in [0.1, 0.15) is 0 Å². The molecule has 0 amide bonds. The van der Waals surface area contributed by atoms with E-state index in [0.717, 1.165) is 0 Å². The first kappa shape index (κ1) is 10.6. The van der Waals surface area contributed by atoms with Crippen LogP contribution in [0.15, 0.2) is 0 Å². The third-order valence-electron chi connectivity index (χ3n) is 1.60. The molecule has 0 spiro atoms. The average molecular weight is 161 g/mol. The fourth-order valence-corrected chi connectivity index (χ4v) is 0.791. The summed E-state index contributed by atoms with van der Waals surface area (Å²) >= 11 is 0. The lowest BCUT2D eigenvalue weighted by Crippen LogP contribution is -2.36. The summed E-state index contributed by atoms with van der Waals surface area (Å²) in [4.78, 5) is 10.5. The molecule has 0 unspecified atom stereocenters. The van der Waals surface area contributed by atoms with E-state index in [2.05, 4.69) is 0 Å². The molecule has 0 aliphatic rings. The fourth-order valence-electron chi connectivity index (χ4n) is 0.791. The second-order valence-electron chi connectivity index (χ2n) is 2.23. The van der Waals surface area contributed by atoms with Crippen molar-refractivity contribution in [1.29, 1.82) is 0 Å². The molecule has 4 nitrogen and oxygen atoms in total. The smallest absolute Gasteiger partial charge is 0.225 e. The maximum Gasteiger partial charge on any atom is 0.225 e. The van der Waals surface area contributed by atoms with E-state index in [0.29, 0.717) is 25.7 Å². The molecular weight excluding hydrogens is 146 g/mol. The van der Waals surface area contributed by atoms with Gasteiger partial charge in [0, 0.05) is 20.6 Å². The van der Waals surface area contributed by atoms with Gasteiger partial charge in [0.05, 0.1) is 0 Å². The minimum Gasteiger partial charge on any atom is -0.347 e. The van der Waals surface area contributed by atoms with Crippen LogP contribution in [-0.4, -0.2) is 32.8 Å². The zero-order valence-electron chi connectivity index (χ0n) is 7.00. The SMILES string of the molecule is COC(C=O)(CCCN)OC. The van der Waals surface area contributed by atoms with Gasteiger partial charge in [-0.15, -0.1) is 0 Å². The molecule has 11 heavy (non-hydrogen) atoms. The summed E-state index contributed by atoms with van der Waals surface area (Å²) in [6.07, 6.45) is 1.86. The van der Waals surface area contributed by atoms with E-state index >= 15 is 0 Å². The molecule has 0 saturated carbocycles. The van der Waals surface area contributed by atoms with Crippen molar-refractivity contribution in [3.63, 3.8) is 0 Å². The molecule has 0 fully saturated rings. The van der Waals surface area contributed by atoms with Crippen LogP contribution in [0.3, 0.4) is 0 Å². The Hall–Kier alpha value is -0.450. The Morgan fingerprint density at radius 1 is 1.45 bits per heavy atom. The van der Waals surface area contributed by atoms with Crippen molar-refractivity contribution < 1.29 is 14.3 Å². The molecule has 0 radical (unpaired) electrons. The molecule has 0 saturated heterocycles. The van der Waals surface area contributed by atoms with Crippen molar-refractivity contribution in [2.24, 2.45) is 5.73 Å². The van der Waals surface area contributed by atoms with Crippen LogP contribution >= 0.6 is 0 Å². The van der Waals surface area contributed by atoms with Gasteiger partial charge in [-0.05, 0) is 13.0 Å². The first-order valence-electron chi connectivity index (χ1n) is 3.51. The summed E-state index contributed by atoms with van der Waals surface area (Å²) in [6, 6.07) is 0. The number of nitrogens with two attached hydrogens (primary N) is 1. The standard InChI is InChI=1S/C7H15NO3/c1-10-7(6-9,11-2)4-3-5-8/h6H,3-5,8H2,1-2H3. The number of hydrogen-bond donors (Lipinski definition) is 1. The number of ether oxygens (including phenoxy) is 2. The maximum absolute atomic E-state index is 10.5. The molecular formula is C7H15NO3. The molecule has 0 heterocycles.